The summed E-state index contributed by atoms with van der Waals surface area (Å²) >= 11 is 6.45. The summed E-state index contributed by atoms with van der Waals surface area (Å²) in [5, 5.41) is 3.29. The van der Waals surface area contributed by atoms with Crippen molar-refractivity contribution in [1.29, 1.82) is 0 Å². The van der Waals surface area contributed by atoms with Gasteiger partial charge in [-0.2, -0.15) is 0 Å². The van der Waals surface area contributed by atoms with Gasteiger partial charge in [0.2, 0.25) is 5.91 Å². The summed E-state index contributed by atoms with van der Waals surface area (Å²) < 4.78 is 0. The highest BCUT2D eigenvalue weighted by molar-refractivity contribution is 6.21. The van der Waals surface area contributed by atoms with Gasteiger partial charge in [0, 0.05) is 18.5 Å². The maximum atomic E-state index is 12.8. The smallest absolute Gasteiger partial charge is 0.220 e. The summed E-state index contributed by atoms with van der Waals surface area (Å²) in [6.07, 6.45) is 7.46. The highest BCUT2D eigenvalue weighted by Gasteiger charge is 2.50. The van der Waals surface area contributed by atoms with Crippen LogP contribution >= 0.6 is 11.6 Å². The van der Waals surface area contributed by atoms with Crippen molar-refractivity contribution in [2.24, 2.45) is 46.2 Å². The molecule has 0 heterocycles. The number of hydrogen-bond acceptors (Lipinski definition) is 2. The molecule has 4 heteroatoms. The maximum Gasteiger partial charge on any atom is 0.220 e. The van der Waals surface area contributed by atoms with Gasteiger partial charge in [0.1, 0.15) is 0 Å². The first kappa shape index (κ1) is 26.0. The molecule has 2 rings (SSSR count). The van der Waals surface area contributed by atoms with Gasteiger partial charge in [-0.1, -0.05) is 61.8 Å². The van der Waals surface area contributed by atoms with Crippen LogP contribution in [0.15, 0.2) is 0 Å². The molecule has 2 saturated carbocycles. The van der Waals surface area contributed by atoms with Crippen LogP contribution in [0.5, 0.6) is 0 Å². The van der Waals surface area contributed by atoms with E-state index in [1.165, 1.54) is 19.3 Å². The van der Waals surface area contributed by atoms with Crippen LogP contribution in [-0.2, 0) is 4.79 Å². The lowest BCUT2D eigenvalue weighted by atomic mass is 9.48. The molecule has 0 aromatic rings. The molecule has 0 aromatic carbocycles. The molecule has 3 N–H and O–H groups in total. The van der Waals surface area contributed by atoms with Crippen molar-refractivity contribution in [1.82, 2.24) is 5.32 Å². The number of amides is 1. The van der Waals surface area contributed by atoms with Crippen molar-refractivity contribution < 1.29 is 4.79 Å². The molecule has 3 nitrogen and oxygen atoms in total. The Balaban J connectivity index is 1.94. The number of halogens is 1. The zero-order valence-corrected chi connectivity index (χ0v) is 21.7. The Labute approximate surface area is 191 Å². The standard InChI is InChI=1S/C26H49ClN2O/c1-9-25(7,26(8)15-16(2)13-17(3)20(26)6)12-10-11-22(30)29-21-14-18(4)23(27)24(28)19(21)5/h16-21,23-24H,9-15,28H2,1-8H3,(H,29,30)/t16-,17+,18-,19+,20-,21+,23-,24+,25-,26-/m0/s1. The van der Waals surface area contributed by atoms with Crippen LogP contribution in [0.4, 0.5) is 0 Å². The summed E-state index contributed by atoms with van der Waals surface area (Å²) in [4.78, 5) is 12.8. The Morgan fingerprint density at radius 3 is 2.40 bits per heavy atom. The first-order valence-electron chi connectivity index (χ1n) is 12.5. The van der Waals surface area contributed by atoms with Crippen molar-refractivity contribution >= 4 is 17.5 Å². The van der Waals surface area contributed by atoms with Crippen LogP contribution in [0, 0.1) is 40.4 Å². The number of carbonyl (C=O) groups is 1. The van der Waals surface area contributed by atoms with Gasteiger partial charge in [0.15, 0.2) is 0 Å². The molecule has 0 bridgehead atoms. The summed E-state index contributed by atoms with van der Waals surface area (Å²) in [5.41, 5.74) is 6.92. The van der Waals surface area contributed by atoms with Crippen LogP contribution in [0.2, 0.25) is 0 Å². The molecule has 1 amide bonds. The summed E-state index contributed by atoms with van der Waals surface area (Å²) in [6, 6.07) is 0.0912. The van der Waals surface area contributed by atoms with Crippen molar-refractivity contribution in [3.63, 3.8) is 0 Å². The Hall–Kier alpha value is -0.280. The fraction of sp³-hybridized carbons (Fsp3) is 0.962. The molecule has 2 aliphatic rings. The predicted octanol–water partition coefficient (Wildman–Crippen LogP) is 6.38. The third-order valence-corrected chi connectivity index (χ3v) is 10.5. The second kappa shape index (κ2) is 10.1. The Bertz CT molecular complexity index is 583. The Morgan fingerprint density at radius 1 is 1.17 bits per heavy atom. The van der Waals surface area contributed by atoms with E-state index in [1.807, 2.05) is 0 Å². The van der Waals surface area contributed by atoms with Crippen molar-refractivity contribution in [2.45, 2.75) is 118 Å². The minimum absolute atomic E-state index is 0.00132. The van der Waals surface area contributed by atoms with Crippen LogP contribution in [-0.4, -0.2) is 23.4 Å². The summed E-state index contributed by atoms with van der Waals surface area (Å²) in [5.74, 6) is 3.03. The van der Waals surface area contributed by atoms with E-state index in [1.54, 1.807) is 0 Å². The normalized spacial score (nSPS) is 44.3. The number of nitrogens with one attached hydrogen (secondary N) is 1. The summed E-state index contributed by atoms with van der Waals surface area (Å²) in [6.45, 7) is 18.9. The highest BCUT2D eigenvalue weighted by Crippen LogP contribution is 2.59. The van der Waals surface area contributed by atoms with Crippen molar-refractivity contribution in [3.8, 4) is 0 Å². The average molecular weight is 441 g/mol. The molecule has 176 valence electrons. The average Bonchev–Trinajstić information content (AvgIpc) is 2.68. The molecule has 0 aliphatic heterocycles. The zero-order chi connectivity index (χ0) is 22.9. The van der Waals surface area contributed by atoms with Gasteiger partial charge in [0.05, 0.1) is 5.38 Å². The molecule has 0 spiro atoms. The predicted molar refractivity (Wildman–Crippen MR) is 130 cm³/mol. The Morgan fingerprint density at radius 2 is 1.80 bits per heavy atom. The summed E-state index contributed by atoms with van der Waals surface area (Å²) in [7, 11) is 0. The van der Waals surface area contributed by atoms with E-state index in [0.29, 0.717) is 17.8 Å². The maximum absolute atomic E-state index is 12.8. The molecule has 30 heavy (non-hydrogen) atoms. The van der Waals surface area contributed by atoms with E-state index in [-0.39, 0.29) is 34.7 Å². The fourth-order valence-electron chi connectivity index (χ4n) is 6.91. The van der Waals surface area contributed by atoms with Gasteiger partial charge in [-0.15, -0.1) is 11.6 Å². The van der Waals surface area contributed by atoms with Gasteiger partial charge in [-0.05, 0) is 72.5 Å². The molecule has 2 fully saturated rings. The monoisotopic (exact) mass is 440 g/mol. The van der Waals surface area contributed by atoms with Crippen molar-refractivity contribution in [3.05, 3.63) is 0 Å². The lowest BCUT2D eigenvalue weighted by Gasteiger charge is -2.56. The van der Waals surface area contributed by atoms with Crippen LogP contribution in [0.25, 0.3) is 0 Å². The van der Waals surface area contributed by atoms with Gasteiger partial charge in [-0.25, -0.2) is 0 Å². The first-order valence-corrected chi connectivity index (χ1v) is 13.0. The van der Waals surface area contributed by atoms with E-state index >= 15 is 0 Å². The van der Waals surface area contributed by atoms with E-state index < -0.39 is 0 Å². The minimum atomic E-state index is -0.0548. The van der Waals surface area contributed by atoms with Gasteiger partial charge < -0.3 is 11.1 Å². The van der Waals surface area contributed by atoms with Gasteiger partial charge in [-0.3, -0.25) is 4.79 Å². The number of hydrogen-bond donors (Lipinski definition) is 2. The minimum Gasteiger partial charge on any atom is -0.353 e. The molecule has 0 radical (unpaired) electrons. The number of nitrogens with two attached hydrogens (primary N) is 1. The third-order valence-electron chi connectivity index (χ3n) is 9.82. The van der Waals surface area contributed by atoms with Gasteiger partial charge >= 0.3 is 0 Å². The van der Waals surface area contributed by atoms with Crippen LogP contribution in [0.3, 0.4) is 0 Å². The van der Waals surface area contributed by atoms with E-state index in [9.17, 15) is 4.79 Å². The van der Waals surface area contributed by atoms with Crippen LogP contribution in [0.1, 0.15) is 100 Å². The van der Waals surface area contributed by atoms with Crippen LogP contribution < -0.4 is 11.1 Å². The molecule has 2 aliphatic carbocycles. The van der Waals surface area contributed by atoms with Crippen molar-refractivity contribution in [2.75, 3.05) is 0 Å². The largest absolute Gasteiger partial charge is 0.353 e. The molecule has 10 atom stereocenters. The lowest BCUT2D eigenvalue weighted by molar-refractivity contribution is -0.123. The topological polar surface area (TPSA) is 55.1 Å². The van der Waals surface area contributed by atoms with Gasteiger partial charge in [0.25, 0.3) is 0 Å². The number of rotatable bonds is 7. The second-order valence-electron chi connectivity index (χ2n) is 11.8. The zero-order valence-electron chi connectivity index (χ0n) is 20.9. The molecular formula is C26H49ClN2O. The molecule has 0 saturated heterocycles. The SMILES string of the molecule is CC[C@@](C)(CCCC(=O)N[C@@H]1C[C@H](C)[C@H](Cl)[C@H](N)[C@@H]1C)[C@@]1(C)C[C@@H](C)C[C@@H](C)[C@@H]1C. The quantitative estimate of drug-likeness (QED) is 0.451. The number of alkyl halides is 1. The van der Waals surface area contributed by atoms with E-state index in [4.69, 9.17) is 17.3 Å². The Kier molecular flexibility index (Phi) is 8.75. The highest BCUT2D eigenvalue weighted by atomic mass is 35.5. The lowest BCUT2D eigenvalue weighted by Crippen LogP contribution is -2.56. The number of carbonyl (C=O) groups excluding carboxylic acids is 1. The second-order valence-corrected chi connectivity index (χ2v) is 12.3. The molecular weight excluding hydrogens is 392 g/mol. The van der Waals surface area contributed by atoms with E-state index in [2.05, 4.69) is 60.7 Å². The molecule has 0 aromatic heterocycles. The molecule has 0 unspecified atom stereocenters. The van der Waals surface area contributed by atoms with E-state index in [0.717, 1.165) is 37.0 Å². The first-order chi connectivity index (χ1) is 13.9. The fourth-order valence-corrected chi connectivity index (χ4v) is 7.25. The third kappa shape index (κ3) is 5.20.